The number of hydrogen-bond acceptors (Lipinski definition) is 7. The predicted molar refractivity (Wildman–Crippen MR) is 171 cm³/mol. The second kappa shape index (κ2) is 12.5. The Hall–Kier alpha value is -3.50. The second-order valence-electron chi connectivity index (χ2n) is 15.2. The van der Waals surface area contributed by atoms with Gasteiger partial charge in [-0.2, -0.15) is 0 Å². The summed E-state index contributed by atoms with van der Waals surface area (Å²) in [7, 11) is 1.52. The molecule has 0 radical (unpaired) electrons. The van der Waals surface area contributed by atoms with Crippen molar-refractivity contribution in [1.29, 1.82) is 0 Å². The molecule has 4 bridgehead atoms. The highest BCUT2D eigenvalue weighted by Gasteiger charge is 2.52. The van der Waals surface area contributed by atoms with Crippen LogP contribution in [0.5, 0.6) is 11.6 Å². The lowest BCUT2D eigenvalue weighted by atomic mass is 9.82. The molecule has 4 aliphatic rings. The molecule has 8 atom stereocenters. The summed E-state index contributed by atoms with van der Waals surface area (Å²) in [5, 5.41) is 3.40. The summed E-state index contributed by atoms with van der Waals surface area (Å²) in [5.41, 5.74) is -0.600. The van der Waals surface area contributed by atoms with E-state index in [4.69, 9.17) is 14.2 Å². The number of ketones is 1. The maximum atomic E-state index is 16.2. The first-order valence-electron chi connectivity index (χ1n) is 17.0. The SMILES string of the molecule is COc1ccc2cc3c(nc2c1)O[C@H]1CN(C(=O)[C@H](C(C)(C)C)NC(=O)O[C@@H]2[C@H]4CC[C@H](C4)[C@H]2CCCCC3(F)F)[C@H](C(C)=O)[C@@H]1C. The Bertz CT molecular complexity index is 1540. The van der Waals surface area contributed by atoms with Gasteiger partial charge in [0.15, 0.2) is 5.78 Å². The third-order valence-corrected chi connectivity index (χ3v) is 11.0. The number of pyridine rings is 1. The average Bonchev–Trinajstić information content (AvgIpc) is 3.70. The van der Waals surface area contributed by atoms with E-state index in [9.17, 15) is 14.4 Å². The number of carbonyl (C=O) groups is 3. The zero-order chi connectivity index (χ0) is 33.8. The van der Waals surface area contributed by atoms with Crippen LogP contribution in [0.15, 0.2) is 24.3 Å². The van der Waals surface area contributed by atoms with E-state index in [1.54, 1.807) is 25.1 Å². The number of fused-ring (bicyclic) bond motifs is 9. The summed E-state index contributed by atoms with van der Waals surface area (Å²) in [4.78, 5) is 46.8. The van der Waals surface area contributed by atoms with Gasteiger partial charge in [0.05, 0.1) is 30.8 Å². The molecular formula is C36H47F2N3O6. The number of ether oxygens (including phenoxy) is 3. The molecule has 1 saturated heterocycles. The van der Waals surface area contributed by atoms with Gasteiger partial charge >= 0.3 is 6.09 Å². The zero-order valence-electron chi connectivity index (χ0n) is 28.2. The van der Waals surface area contributed by atoms with Crippen LogP contribution < -0.4 is 14.8 Å². The maximum Gasteiger partial charge on any atom is 0.408 e. The van der Waals surface area contributed by atoms with Gasteiger partial charge in [-0.25, -0.2) is 18.6 Å². The van der Waals surface area contributed by atoms with Crippen LogP contribution >= 0.6 is 0 Å². The molecule has 2 amide bonds. The van der Waals surface area contributed by atoms with Crippen LogP contribution in [0.25, 0.3) is 10.9 Å². The summed E-state index contributed by atoms with van der Waals surface area (Å²) >= 11 is 0. The molecule has 1 aromatic heterocycles. The number of amides is 2. The van der Waals surface area contributed by atoms with Crippen molar-refractivity contribution in [3.05, 3.63) is 29.8 Å². The number of hydrogen-bond donors (Lipinski definition) is 1. The fourth-order valence-electron chi connectivity index (χ4n) is 8.57. The first-order chi connectivity index (χ1) is 22.2. The van der Waals surface area contributed by atoms with Gasteiger partial charge in [-0.15, -0.1) is 0 Å². The van der Waals surface area contributed by atoms with E-state index < -0.39 is 53.9 Å². The number of aromatic nitrogens is 1. The highest BCUT2D eigenvalue weighted by molar-refractivity contribution is 5.92. The quantitative estimate of drug-likeness (QED) is 0.386. The van der Waals surface area contributed by atoms with Gasteiger partial charge in [-0.3, -0.25) is 9.59 Å². The van der Waals surface area contributed by atoms with Crippen LogP contribution in [-0.2, 0) is 20.2 Å². The van der Waals surface area contributed by atoms with E-state index >= 15 is 8.78 Å². The molecule has 11 heteroatoms. The molecule has 1 N–H and O–H groups in total. The van der Waals surface area contributed by atoms with Crippen molar-refractivity contribution < 1.29 is 37.4 Å². The van der Waals surface area contributed by atoms with Crippen LogP contribution in [0, 0.1) is 29.1 Å². The van der Waals surface area contributed by atoms with Crippen LogP contribution in [0.3, 0.4) is 0 Å². The summed E-state index contributed by atoms with van der Waals surface area (Å²) in [6.45, 7) is 8.69. The van der Waals surface area contributed by atoms with E-state index in [1.807, 2.05) is 20.8 Å². The number of carbonyl (C=O) groups excluding carboxylic acids is 3. The van der Waals surface area contributed by atoms with Crippen molar-refractivity contribution in [3.8, 4) is 11.6 Å². The summed E-state index contributed by atoms with van der Waals surface area (Å²) in [6.07, 6.45) is 2.33. The van der Waals surface area contributed by atoms with Gasteiger partial charge in [0.2, 0.25) is 11.8 Å². The molecule has 2 aliphatic carbocycles. The lowest BCUT2D eigenvalue weighted by Gasteiger charge is -2.36. The molecule has 256 valence electrons. The van der Waals surface area contributed by atoms with Crippen LogP contribution in [-0.4, -0.2) is 65.6 Å². The molecule has 1 aromatic carbocycles. The number of benzene rings is 1. The number of alkyl halides is 2. The van der Waals surface area contributed by atoms with E-state index in [2.05, 4.69) is 10.3 Å². The molecule has 47 heavy (non-hydrogen) atoms. The van der Waals surface area contributed by atoms with Crippen molar-refractivity contribution in [1.82, 2.24) is 15.2 Å². The van der Waals surface area contributed by atoms with E-state index in [1.165, 1.54) is 25.0 Å². The first kappa shape index (κ1) is 33.4. The molecule has 0 unspecified atom stereocenters. The third kappa shape index (κ3) is 6.38. The monoisotopic (exact) mass is 655 g/mol. The number of rotatable bonds is 2. The van der Waals surface area contributed by atoms with Crippen molar-refractivity contribution in [3.63, 3.8) is 0 Å². The predicted octanol–water partition coefficient (Wildman–Crippen LogP) is 6.65. The van der Waals surface area contributed by atoms with Gasteiger partial charge in [-0.1, -0.05) is 34.1 Å². The fraction of sp³-hybridized carbons (Fsp3) is 0.667. The van der Waals surface area contributed by atoms with Crippen molar-refractivity contribution >= 4 is 28.7 Å². The minimum absolute atomic E-state index is 0.0369. The maximum absolute atomic E-state index is 16.2. The standard InChI is InChI=1S/C36H47F2N3O6/c1-19-28-18-41(29(19)20(2)42)33(43)31(35(3,4)5)40-34(44)47-30-23-11-10-21(15-23)25(30)9-7-8-14-36(37,38)26-16-22-12-13-24(45-6)17-27(22)39-32(26)46-28/h12-13,16-17,19,21,23,25,28-31H,7-11,14-15,18H2,1-6H3,(H,40,44)/t19-,21-,23+,25-,28+,29+,30-,31-/m1/s1. The highest BCUT2D eigenvalue weighted by atomic mass is 19.3. The van der Waals surface area contributed by atoms with E-state index in [0.29, 0.717) is 35.4 Å². The molecule has 3 heterocycles. The molecule has 6 rings (SSSR count). The average molecular weight is 656 g/mol. The minimum atomic E-state index is -3.25. The third-order valence-electron chi connectivity index (χ3n) is 11.0. The molecule has 9 nitrogen and oxygen atoms in total. The van der Waals surface area contributed by atoms with Crippen LogP contribution in [0.2, 0.25) is 0 Å². The van der Waals surface area contributed by atoms with E-state index in [0.717, 1.165) is 19.3 Å². The zero-order valence-corrected chi connectivity index (χ0v) is 28.2. The van der Waals surface area contributed by atoms with Gasteiger partial charge < -0.3 is 24.4 Å². The van der Waals surface area contributed by atoms with Crippen LogP contribution in [0.1, 0.15) is 85.1 Å². The van der Waals surface area contributed by atoms with E-state index in [-0.39, 0.29) is 48.1 Å². The lowest BCUT2D eigenvalue weighted by Crippen LogP contribution is -2.57. The molecule has 2 saturated carbocycles. The molecule has 2 aliphatic heterocycles. The molecule has 2 aromatic rings. The van der Waals surface area contributed by atoms with Gasteiger partial charge in [0.25, 0.3) is 5.92 Å². The normalized spacial score (nSPS) is 32.8. The number of halogens is 2. The first-order valence-corrected chi connectivity index (χ1v) is 17.0. The Labute approximate surface area is 275 Å². The topological polar surface area (TPSA) is 107 Å². The van der Waals surface area contributed by atoms with Gasteiger partial charge in [0.1, 0.15) is 24.0 Å². The Morgan fingerprint density at radius 2 is 1.83 bits per heavy atom. The largest absolute Gasteiger partial charge is 0.497 e. The summed E-state index contributed by atoms with van der Waals surface area (Å²) in [6, 6.07) is 4.63. The summed E-state index contributed by atoms with van der Waals surface area (Å²) in [5.74, 6) is -3.46. The van der Waals surface area contributed by atoms with Gasteiger partial charge in [-0.05, 0) is 80.4 Å². The van der Waals surface area contributed by atoms with Crippen molar-refractivity contribution in [2.45, 2.75) is 110 Å². The smallest absolute Gasteiger partial charge is 0.408 e. The molecular weight excluding hydrogens is 608 g/mol. The Morgan fingerprint density at radius 1 is 1.09 bits per heavy atom. The second-order valence-corrected chi connectivity index (χ2v) is 15.2. The molecule has 0 spiro atoms. The summed E-state index contributed by atoms with van der Waals surface area (Å²) < 4.78 is 50.2. The lowest BCUT2D eigenvalue weighted by molar-refractivity contribution is -0.141. The number of nitrogens with zero attached hydrogens (tertiary/aromatic N) is 2. The van der Waals surface area contributed by atoms with Crippen molar-refractivity contribution in [2.24, 2.45) is 29.1 Å². The Kier molecular flexibility index (Phi) is 8.89. The van der Waals surface area contributed by atoms with Crippen molar-refractivity contribution in [2.75, 3.05) is 13.7 Å². The Balaban J connectivity index is 1.42. The molecule has 3 fully saturated rings. The number of methoxy groups -OCH3 is 1. The van der Waals surface area contributed by atoms with Gasteiger partial charge in [0, 0.05) is 23.8 Å². The Morgan fingerprint density at radius 3 is 2.53 bits per heavy atom. The van der Waals surface area contributed by atoms with Crippen LogP contribution in [0.4, 0.5) is 13.6 Å². The number of alkyl carbamates (subject to hydrolysis) is 1. The number of Topliss-reactive ketones (excluding diaryl/α,β-unsaturated/α-hetero) is 1. The highest BCUT2D eigenvalue weighted by Crippen LogP contribution is 2.52. The number of nitrogens with one attached hydrogen (secondary N) is 1. The fourth-order valence-corrected chi connectivity index (χ4v) is 8.57. The minimum Gasteiger partial charge on any atom is -0.497 e.